The second-order valence-electron chi connectivity index (χ2n) is 5.69. The van der Waals surface area contributed by atoms with Gasteiger partial charge in [-0.3, -0.25) is 20.2 Å². The van der Waals surface area contributed by atoms with Crippen molar-refractivity contribution in [2.45, 2.75) is 12.8 Å². The van der Waals surface area contributed by atoms with Gasteiger partial charge in [-0.15, -0.1) is 0 Å². The molecule has 0 spiro atoms. The van der Waals surface area contributed by atoms with Gasteiger partial charge < -0.3 is 4.90 Å². The van der Waals surface area contributed by atoms with Crippen LogP contribution in [0.15, 0.2) is 54.6 Å². The van der Waals surface area contributed by atoms with Gasteiger partial charge in [-0.25, -0.2) is 0 Å². The number of benzene rings is 2. The summed E-state index contributed by atoms with van der Waals surface area (Å²) in [5.41, 5.74) is 1.31. The molecule has 0 aliphatic rings. The Kier molecular flexibility index (Phi) is 7.40. The molecule has 138 valence electrons. The maximum atomic E-state index is 12.3. The quantitative estimate of drug-likeness (QED) is 0.449. The number of hydrogen-bond acceptors (Lipinski definition) is 5. The van der Waals surface area contributed by atoms with Gasteiger partial charge in [-0.1, -0.05) is 30.3 Å². The zero-order valence-electron chi connectivity index (χ0n) is 14.5. The molecule has 27 heavy (non-hydrogen) atoms. The first-order chi connectivity index (χ1) is 13.0. The minimum Gasteiger partial charge on any atom is -0.348 e. The van der Waals surface area contributed by atoms with E-state index in [1.165, 1.54) is 24.3 Å². The van der Waals surface area contributed by atoms with Crippen molar-refractivity contribution >= 4 is 28.9 Å². The molecular weight excluding hydrogens is 364 g/mol. The van der Waals surface area contributed by atoms with Crippen molar-refractivity contribution in [3.63, 3.8) is 0 Å². The number of carbonyl (C=O) groups is 1. The van der Waals surface area contributed by atoms with Gasteiger partial charge in [0.25, 0.3) is 11.6 Å². The van der Waals surface area contributed by atoms with Crippen LogP contribution in [0.4, 0.5) is 5.69 Å². The molecule has 1 N–H and O–H groups in total. The number of amides is 1. The lowest BCUT2D eigenvalue weighted by atomic mass is 10.1. The smallest absolute Gasteiger partial charge is 0.269 e. The van der Waals surface area contributed by atoms with E-state index in [1.807, 2.05) is 30.3 Å². The fraction of sp³-hybridized carbons (Fsp3) is 0.211. The molecule has 8 heteroatoms. The van der Waals surface area contributed by atoms with E-state index in [4.69, 9.17) is 17.5 Å². The molecular formula is C19H18N4O3S. The summed E-state index contributed by atoms with van der Waals surface area (Å²) >= 11 is 5.32. The first-order valence-electron chi connectivity index (χ1n) is 8.27. The largest absolute Gasteiger partial charge is 0.348 e. The Hall–Kier alpha value is -3.31. The Morgan fingerprint density at radius 1 is 1.15 bits per heavy atom. The third-order valence-corrected chi connectivity index (χ3v) is 4.21. The highest BCUT2D eigenvalue weighted by atomic mass is 32.1. The lowest BCUT2D eigenvalue weighted by Crippen LogP contribution is -2.44. The molecule has 0 bridgehead atoms. The summed E-state index contributed by atoms with van der Waals surface area (Å²) in [5, 5.41) is 22.4. The highest BCUT2D eigenvalue weighted by Crippen LogP contribution is 2.12. The summed E-state index contributed by atoms with van der Waals surface area (Å²) in [7, 11) is 0. The summed E-state index contributed by atoms with van der Waals surface area (Å²) < 4.78 is 0. The van der Waals surface area contributed by atoms with Crippen LogP contribution in [0.5, 0.6) is 0 Å². The number of nitriles is 1. The molecule has 0 aliphatic heterocycles. The Morgan fingerprint density at radius 2 is 1.81 bits per heavy atom. The normalized spacial score (nSPS) is 9.89. The molecule has 0 atom stereocenters. The Balaban J connectivity index is 2.00. The molecule has 0 saturated heterocycles. The maximum absolute atomic E-state index is 12.3. The van der Waals surface area contributed by atoms with Crippen LogP contribution in [0.2, 0.25) is 0 Å². The molecule has 2 rings (SSSR count). The Labute approximate surface area is 162 Å². The fourth-order valence-electron chi connectivity index (χ4n) is 2.39. The molecule has 0 saturated carbocycles. The number of hydrogen-bond donors (Lipinski definition) is 1. The summed E-state index contributed by atoms with van der Waals surface area (Å²) in [6.07, 6.45) is 1.00. The average Bonchev–Trinajstić information content (AvgIpc) is 2.68. The lowest BCUT2D eigenvalue weighted by molar-refractivity contribution is -0.384. The Morgan fingerprint density at radius 3 is 2.41 bits per heavy atom. The van der Waals surface area contributed by atoms with Crippen molar-refractivity contribution < 1.29 is 9.72 Å². The number of carbonyl (C=O) groups excluding carboxylic acids is 1. The average molecular weight is 382 g/mol. The topological polar surface area (TPSA) is 99.3 Å². The minimum atomic E-state index is -0.528. The number of nitrogens with zero attached hydrogens (tertiary/aromatic N) is 3. The molecule has 0 radical (unpaired) electrons. The standard InChI is InChI=1S/C19H18N4O3S/c20-12-4-13-22(14-11-15-5-2-1-3-6-15)19(27)21-18(24)16-7-9-17(10-8-16)23(25)26/h1-3,5-10H,4,11,13-14H2,(H,21,24,27). The van der Waals surface area contributed by atoms with Crippen LogP contribution < -0.4 is 5.32 Å². The van der Waals surface area contributed by atoms with Gasteiger partial charge >= 0.3 is 0 Å². The first kappa shape index (κ1) is 20.0. The summed E-state index contributed by atoms with van der Waals surface area (Å²) in [6.45, 7) is 0.966. The highest BCUT2D eigenvalue weighted by molar-refractivity contribution is 7.80. The molecule has 7 nitrogen and oxygen atoms in total. The molecule has 1 amide bonds. The third-order valence-electron chi connectivity index (χ3n) is 3.85. The van der Waals surface area contributed by atoms with Crippen molar-refractivity contribution in [2.75, 3.05) is 13.1 Å². The molecule has 0 unspecified atom stereocenters. The van der Waals surface area contributed by atoms with Gasteiger partial charge in [0.1, 0.15) is 0 Å². The van der Waals surface area contributed by atoms with Crippen LogP contribution in [0.3, 0.4) is 0 Å². The van der Waals surface area contributed by atoms with Gasteiger partial charge in [0.15, 0.2) is 5.11 Å². The van der Waals surface area contributed by atoms with Crippen molar-refractivity contribution in [1.82, 2.24) is 10.2 Å². The molecule has 2 aromatic carbocycles. The number of thiocarbonyl (C=S) groups is 1. The van der Waals surface area contributed by atoms with Crippen LogP contribution >= 0.6 is 12.2 Å². The minimum absolute atomic E-state index is 0.0902. The first-order valence-corrected chi connectivity index (χ1v) is 8.67. The van der Waals surface area contributed by atoms with Gasteiger partial charge in [-0.2, -0.15) is 5.26 Å². The second-order valence-corrected chi connectivity index (χ2v) is 6.08. The van der Waals surface area contributed by atoms with Gasteiger partial charge in [0.05, 0.1) is 17.4 Å². The molecule has 0 aliphatic carbocycles. The van der Waals surface area contributed by atoms with Crippen molar-refractivity contribution in [1.29, 1.82) is 5.26 Å². The number of nitrogens with one attached hydrogen (secondary N) is 1. The van der Waals surface area contributed by atoms with Crippen molar-refractivity contribution in [2.24, 2.45) is 0 Å². The molecule has 0 heterocycles. The van der Waals surface area contributed by atoms with E-state index in [0.717, 1.165) is 12.0 Å². The van der Waals surface area contributed by atoms with Crippen LogP contribution in [0.1, 0.15) is 22.3 Å². The predicted molar refractivity (Wildman–Crippen MR) is 105 cm³/mol. The van der Waals surface area contributed by atoms with E-state index >= 15 is 0 Å². The zero-order valence-corrected chi connectivity index (χ0v) is 15.3. The van der Waals surface area contributed by atoms with E-state index in [9.17, 15) is 14.9 Å². The van der Waals surface area contributed by atoms with E-state index in [0.29, 0.717) is 13.1 Å². The predicted octanol–water partition coefficient (Wildman–Crippen LogP) is 3.07. The van der Waals surface area contributed by atoms with Gasteiger partial charge in [-0.05, 0) is 36.3 Å². The monoisotopic (exact) mass is 382 g/mol. The second kappa shape index (κ2) is 9.99. The maximum Gasteiger partial charge on any atom is 0.269 e. The van der Waals surface area contributed by atoms with Crippen LogP contribution in [0.25, 0.3) is 0 Å². The number of rotatable bonds is 7. The molecule has 0 fully saturated rings. The number of non-ortho nitro benzene ring substituents is 1. The molecule has 0 aromatic heterocycles. The third kappa shape index (κ3) is 6.17. The highest BCUT2D eigenvalue weighted by Gasteiger charge is 2.15. The van der Waals surface area contributed by atoms with Crippen molar-refractivity contribution in [3.8, 4) is 6.07 Å². The Bertz CT molecular complexity index is 848. The van der Waals surface area contributed by atoms with Crippen molar-refractivity contribution in [3.05, 3.63) is 75.8 Å². The fourth-order valence-corrected chi connectivity index (χ4v) is 2.67. The summed E-state index contributed by atoms with van der Waals surface area (Å²) in [6, 6.07) is 17.2. The summed E-state index contributed by atoms with van der Waals surface area (Å²) in [5.74, 6) is -0.448. The number of nitro benzene ring substituents is 1. The van der Waals surface area contributed by atoms with Crippen LogP contribution in [-0.2, 0) is 6.42 Å². The van der Waals surface area contributed by atoms with Gasteiger partial charge in [0, 0.05) is 30.8 Å². The van der Waals surface area contributed by atoms with Crippen LogP contribution in [-0.4, -0.2) is 33.9 Å². The van der Waals surface area contributed by atoms with Crippen LogP contribution in [0, 0.1) is 21.4 Å². The lowest BCUT2D eigenvalue weighted by Gasteiger charge is -2.24. The van der Waals surface area contributed by atoms with Gasteiger partial charge in [0.2, 0.25) is 0 Å². The van der Waals surface area contributed by atoms with E-state index in [2.05, 4.69) is 11.4 Å². The zero-order chi connectivity index (χ0) is 19.6. The number of nitro groups is 1. The van der Waals surface area contributed by atoms with E-state index < -0.39 is 10.8 Å². The van der Waals surface area contributed by atoms with E-state index in [-0.39, 0.29) is 22.8 Å². The SMILES string of the molecule is N#CCCN(CCc1ccccc1)C(=S)NC(=O)c1ccc([N+](=O)[O-])cc1. The summed E-state index contributed by atoms with van der Waals surface area (Å²) in [4.78, 5) is 24.3. The molecule has 2 aromatic rings. The van der Waals surface area contributed by atoms with E-state index in [1.54, 1.807) is 4.90 Å².